The predicted octanol–water partition coefficient (Wildman–Crippen LogP) is 2.95. The van der Waals surface area contributed by atoms with Gasteiger partial charge >= 0.3 is 6.03 Å². The van der Waals surface area contributed by atoms with Gasteiger partial charge in [-0.05, 0) is 48.6 Å². The third-order valence-electron chi connectivity index (χ3n) is 3.15. The van der Waals surface area contributed by atoms with Gasteiger partial charge in [-0.3, -0.25) is 0 Å². The number of amides is 2. The molecule has 2 aromatic rings. The van der Waals surface area contributed by atoms with E-state index in [1.165, 1.54) is 11.3 Å². The zero-order valence-corrected chi connectivity index (χ0v) is 13.0. The highest BCUT2D eigenvalue weighted by Crippen LogP contribution is 2.25. The molecule has 2 unspecified atom stereocenters. The number of hydrogen-bond donors (Lipinski definition) is 3. The highest BCUT2D eigenvalue weighted by molar-refractivity contribution is 7.88. The zero-order chi connectivity index (χ0) is 14.8. The second-order valence-electron chi connectivity index (χ2n) is 4.88. The van der Waals surface area contributed by atoms with Gasteiger partial charge in [-0.1, -0.05) is 6.07 Å². The molecule has 0 saturated heterocycles. The molecule has 0 spiro atoms. The van der Waals surface area contributed by atoms with Crippen molar-refractivity contribution in [2.24, 2.45) is 0 Å². The fourth-order valence-corrected chi connectivity index (χ4v) is 3.97. The maximum absolute atomic E-state index is 12.2. The SMILES string of the molecule is CC1Cc2cc(NS(=O)c3cccs3)ccc2NC(=O)N1. The number of nitrogens with one attached hydrogen (secondary N) is 3. The second-order valence-corrected chi connectivity index (χ2v) is 7.27. The molecule has 0 bridgehead atoms. The van der Waals surface area contributed by atoms with Crippen LogP contribution >= 0.6 is 11.3 Å². The number of fused-ring (bicyclic) bond motifs is 1. The topological polar surface area (TPSA) is 70.2 Å². The molecule has 21 heavy (non-hydrogen) atoms. The summed E-state index contributed by atoms with van der Waals surface area (Å²) in [7, 11) is -1.26. The first-order chi connectivity index (χ1) is 10.1. The normalized spacial score (nSPS) is 18.9. The van der Waals surface area contributed by atoms with Gasteiger partial charge in [0.2, 0.25) is 0 Å². The Bertz CT molecular complexity index is 686. The van der Waals surface area contributed by atoms with Gasteiger partial charge < -0.3 is 15.4 Å². The number of anilines is 2. The molecule has 0 saturated carbocycles. The Balaban J connectivity index is 1.82. The Hall–Kier alpha value is -1.86. The fourth-order valence-electron chi connectivity index (χ4n) is 2.24. The smallest absolute Gasteiger partial charge is 0.319 e. The summed E-state index contributed by atoms with van der Waals surface area (Å²) in [5.74, 6) is 0. The minimum atomic E-state index is -1.26. The van der Waals surface area contributed by atoms with E-state index in [4.69, 9.17) is 0 Å². The van der Waals surface area contributed by atoms with Crippen LogP contribution in [0, 0.1) is 0 Å². The van der Waals surface area contributed by atoms with Gasteiger partial charge in [0, 0.05) is 17.4 Å². The fraction of sp³-hybridized carbons (Fsp3) is 0.214. The van der Waals surface area contributed by atoms with Crippen LogP contribution in [0.3, 0.4) is 0 Å². The van der Waals surface area contributed by atoms with E-state index in [1.807, 2.05) is 42.6 Å². The van der Waals surface area contributed by atoms with E-state index in [0.717, 1.165) is 27.6 Å². The molecule has 3 rings (SSSR count). The molecule has 1 aromatic carbocycles. The number of thiophene rings is 1. The summed E-state index contributed by atoms with van der Waals surface area (Å²) in [6.07, 6.45) is 0.731. The quantitative estimate of drug-likeness (QED) is 0.813. The molecule has 2 atom stereocenters. The van der Waals surface area contributed by atoms with Crippen LogP contribution in [0.4, 0.5) is 16.2 Å². The molecule has 2 heterocycles. The van der Waals surface area contributed by atoms with Crippen molar-refractivity contribution in [2.75, 3.05) is 10.0 Å². The van der Waals surface area contributed by atoms with Crippen molar-refractivity contribution in [3.05, 3.63) is 41.3 Å². The largest absolute Gasteiger partial charge is 0.335 e. The summed E-state index contributed by atoms with van der Waals surface area (Å²) >= 11 is 1.45. The van der Waals surface area contributed by atoms with Crippen molar-refractivity contribution in [3.8, 4) is 0 Å². The number of hydrogen-bond acceptors (Lipinski definition) is 3. The van der Waals surface area contributed by atoms with Crippen molar-refractivity contribution in [3.63, 3.8) is 0 Å². The van der Waals surface area contributed by atoms with Gasteiger partial charge in [-0.15, -0.1) is 11.3 Å². The summed E-state index contributed by atoms with van der Waals surface area (Å²) in [5, 5.41) is 7.55. The molecule has 7 heteroatoms. The lowest BCUT2D eigenvalue weighted by Gasteiger charge is -2.11. The average molecular weight is 321 g/mol. The number of urea groups is 1. The van der Waals surface area contributed by atoms with Crippen LogP contribution < -0.4 is 15.4 Å². The third kappa shape index (κ3) is 3.25. The highest BCUT2D eigenvalue weighted by atomic mass is 32.2. The first-order valence-electron chi connectivity index (χ1n) is 6.54. The van der Waals surface area contributed by atoms with Crippen LogP contribution in [0.25, 0.3) is 0 Å². The molecule has 0 radical (unpaired) electrons. The highest BCUT2D eigenvalue weighted by Gasteiger charge is 2.17. The lowest BCUT2D eigenvalue weighted by Crippen LogP contribution is -2.34. The Labute approximate surface area is 129 Å². The molecule has 0 aliphatic carbocycles. The predicted molar refractivity (Wildman–Crippen MR) is 86.1 cm³/mol. The van der Waals surface area contributed by atoms with E-state index in [1.54, 1.807) is 0 Å². The average Bonchev–Trinajstić information content (AvgIpc) is 2.91. The molecular formula is C14H15N3O2S2. The maximum atomic E-state index is 12.2. The van der Waals surface area contributed by atoms with E-state index < -0.39 is 11.0 Å². The first-order valence-corrected chi connectivity index (χ1v) is 8.57. The van der Waals surface area contributed by atoms with Crippen LogP contribution in [0.2, 0.25) is 0 Å². The Morgan fingerprint density at radius 1 is 1.38 bits per heavy atom. The van der Waals surface area contributed by atoms with Crippen LogP contribution in [-0.2, 0) is 17.4 Å². The number of carbonyl (C=O) groups excluding carboxylic acids is 1. The van der Waals surface area contributed by atoms with Crippen LogP contribution in [0.15, 0.2) is 39.9 Å². The summed E-state index contributed by atoms with van der Waals surface area (Å²) in [5.41, 5.74) is 2.60. The van der Waals surface area contributed by atoms with E-state index in [9.17, 15) is 9.00 Å². The van der Waals surface area contributed by atoms with E-state index in [-0.39, 0.29) is 12.1 Å². The van der Waals surface area contributed by atoms with Crippen molar-refractivity contribution in [2.45, 2.75) is 23.6 Å². The van der Waals surface area contributed by atoms with Gasteiger partial charge in [-0.25, -0.2) is 9.00 Å². The summed E-state index contributed by atoms with van der Waals surface area (Å²) in [4.78, 5) is 11.6. The standard InChI is InChI=1S/C14H15N3O2S2/c1-9-7-10-8-11(4-5-12(10)16-14(18)15-9)17-21(19)13-3-2-6-20-13/h2-6,8-9,17H,7H2,1H3,(H2,15,16,18). The van der Waals surface area contributed by atoms with Crippen LogP contribution in [0.1, 0.15) is 12.5 Å². The number of rotatable bonds is 3. The Morgan fingerprint density at radius 2 is 2.24 bits per heavy atom. The molecule has 1 aliphatic rings. The monoisotopic (exact) mass is 321 g/mol. The molecule has 0 fully saturated rings. The Morgan fingerprint density at radius 3 is 3.00 bits per heavy atom. The lowest BCUT2D eigenvalue weighted by molar-refractivity contribution is 0.250. The van der Waals surface area contributed by atoms with Gasteiger partial charge in [0.05, 0.1) is 0 Å². The second kappa shape index (κ2) is 5.87. The summed E-state index contributed by atoms with van der Waals surface area (Å²) in [6, 6.07) is 9.17. The van der Waals surface area contributed by atoms with Gasteiger partial charge in [-0.2, -0.15) is 0 Å². The van der Waals surface area contributed by atoms with Crippen molar-refractivity contribution in [1.82, 2.24) is 5.32 Å². The summed E-state index contributed by atoms with van der Waals surface area (Å²) in [6.45, 7) is 1.96. The molecule has 1 aliphatic heterocycles. The number of benzene rings is 1. The van der Waals surface area contributed by atoms with Crippen LogP contribution in [0.5, 0.6) is 0 Å². The van der Waals surface area contributed by atoms with Gasteiger partial charge in [0.15, 0.2) is 11.0 Å². The number of carbonyl (C=O) groups is 1. The molecule has 5 nitrogen and oxygen atoms in total. The molecule has 2 amide bonds. The third-order valence-corrected chi connectivity index (χ3v) is 5.47. The van der Waals surface area contributed by atoms with Crippen molar-refractivity contribution < 1.29 is 9.00 Å². The maximum Gasteiger partial charge on any atom is 0.319 e. The molecule has 3 N–H and O–H groups in total. The lowest BCUT2D eigenvalue weighted by atomic mass is 10.1. The Kier molecular flexibility index (Phi) is 3.94. The molecule has 1 aromatic heterocycles. The van der Waals surface area contributed by atoms with E-state index >= 15 is 0 Å². The van der Waals surface area contributed by atoms with E-state index in [0.29, 0.717) is 0 Å². The first kappa shape index (κ1) is 14.1. The van der Waals surface area contributed by atoms with Crippen LogP contribution in [-0.4, -0.2) is 16.3 Å². The zero-order valence-electron chi connectivity index (χ0n) is 11.4. The molecular weight excluding hydrogens is 306 g/mol. The minimum Gasteiger partial charge on any atom is -0.335 e. The minimum absolute atomic E-state index is 0.0595. The van der Waals surface area contributed by atoms with Crippen molar-refractivity contribution >= 4 is 39.7 Å². The van der Waals surface area contributed by atoms with Crippen molar-refractivity contribution in [1.29, 1.82) is 0 Å². The molecule has 110 valence electrons. The van der Waals surface area contributed by atoms with E-state index in [2.05, 4.69) is 15.4 Å². The van der Waals surface area contributed by atoms with Gasteiger partial charge in [0.25, 0.3) is 0 Å². The summed E-state index contributed by atoms with van der Waals surface area (Å²) < 4.78 is 15.9. The van der Waals surface area contributed by atoms with Gasteiger partial charge in [0.1, 0.15) is 4.21 Å².